The third-order valence-corrected chi connectivity index (χ3v) is 11.5. The Balaban J connectivity index is 1.28. The molecule has 0 bridgehead atoms. The second-order valence-electron chi connectivity index (χ2n) is 13.0. The van der Waals surface area contributed by atoms with Gasteiger partial charge in [0.05, 0.1) is 14.3 Å². The number of nitro groups is 1. The molecule has 2 aliphatic rings. The van der Waals surface area contributed by atoms with Crippen molar-refractivity contribution in [3.8, 4) is 0 Å². The van der Waals surface area contributed by atoms with Crippen LogP contribution in [0.15, 0.2) is 42.5 Å². The lowest BCUT2D eigenvalue weighted by Gasteiger charge is -2.44. The van der Waals surface area contributed by atoms with Crippen LogP contribution < -0.4 is 15.5 Å². The zero-order valence-corrected chi connectivity index (χ0v) is 27.2. The molecule has 1 aliphatic carbocycles. The first-order valence-corrected chi connectivity index (χ1v) is 17.0. The molecule has 2 aromatic carbocycles. The quantitative estimate of drug-likeness (QED) is 0.111. The lowest BCUT2D eigenvalue weighted by molar-refractivity contribution is -0.388. The maximum atomic E-state index is 13.5. The molecule has 1 saturated heterocycles. The van der Waals surface area contributed by atoms with Gasteiger partial charge in [-0.2, -0.15) is 13.2 Å². The molecule has 236 valence electrons. The Morgan fingerprint density at radius 3 is 2.33 bits per heavy atom. The van der Waals surface area contributed by atoms with Crippen LogP contribution in [-0.4, -0.2) is 40.4 Å². The number of nitrogens with one attached hydrogen (secondary N) is 3. The number of halogens is 4. The smallest absolute Gasteiger partial charge is 0.382 e. The molecule has 2 unspecified atom stereocenters. The van der Waals surface area contributed by atoms with E-state index in [2.05, 4.69) is 60.6 Å². The fraction of sp³-hybridized carbons (Fsp3) is 0.581. The summed E-state index contributed by atoms with van der Waals surface area (Å²) in [5.41, 5.74) is -0.104. The average molecular weight is 716 g/mol. The molecule has 43 heavy (non-hydrogen) atoms. The third-order valence-electron chi connectivity index (χ3n) is 8.99. The van der Waals surface area contributed by atoms with Gasteiger partial charge in [-0.25, -0.2) is 0 Å². The Kier molecular flexibility index (Phi) is 10.1. The topological polar surface area (TPSA) is 111 Å². The summed E-state index contributed by atoms with van der Waals surface area (Å²) < 4.78 is 48.4. The molecule has 2 aromatic rings. The summed E-state index contributed by atoms with van der Waals surface area (Å²) in [6, 6.07) is 11.6. The van der Waals surface area contributed by atoms with Crippen molar-refractivity contribution in [2.45, 2.75) is 81.4 Å². The summed E-state index contributed by atoms with van der Waals surface area (Å²) in [5, 5.41) is 17.3. The average Bonchev–Trinajstić information content (AvgIpc) is 2.96. The van der Waals surface area contributed by atoms with Crippen LogP contribution in [0.3, 0.4) is 0 Å². The van der Waals surface area contributed by atoms with E-state index in [9.17, 15) is 28.1 Å². The zero-order valence-electron chi connectivity index (χ0n) is 25.1. The highest BCUT2D eigenvalue weighted by Crippen LogP contribution is 2.41. The number of carbonyl (C=O) groups excluding carboxylic acids is 1. The zero-order chi connectivity index (χ0) is 31.6. The highest BCUT2D eigenvalue weighted by atomic mass is 127. The Hall–Kier alpha value is -2.77. The van der Waals surface area contributed by atoms with Gasteiger partial charge in [0.1, 0.15) is 5.56 Å². The number of hydrogen-bond acceptors (Lipinski definition) is 6. The predicted octanol–water partition coefficient (Wildman–Crippen LogP) is 8.02. The van der Waals surface area contributed by atoms with Gasteiger partial charge < -0.3 is 15.5 Å². The number of amides is 1. The van der Waals surface area contributed by atoms with Crippen molar-refractivity contribution in [3.63, 3.8) is 0 Å². The fourth-order valence-electron chi connectivity index (χ4n) is 6.03. The Morgan fingerprint density at radius 2 is 1.77 bits per heavy atom. The van der Waals surface area contributed by atoms with E-state index in [1.54, 1.807) is 0 Å². The van der Waals surface area contributed by atoms with Crippen LogP contribution in [0.5, 0.6) is 0 Å². The summed E-state index contributed by atoms with van der Waals surface area (Å²) in [6.07, 6.45) is -1.07. The van der Waals surface area contributed by atoms with Gasteiger partial charge in [0.15, 0.2) is 0 Å². The maximum Gasteiger partial charge on any atom is 0.423 e. The van der Waals surface area contributed by atoms with E-state index in [0.29, 0.717) is 19.5 Å². The Bertz CT molecular complexity index is 1320. The molecular weight excluding hydrogens is 674 g/mol. The molecule has 8 nitrogen and oxygen atoms in total. The molecular formula is C31H41F3IN5O3. The van der Waals surface area contributed by atoms with Gasteiger partial charge in [-0.1, -0.05) is 32.9 Å². The normalized spacial score (nSPS) is 24.8. The largest absolute Gasteiger partial charge is 0.423 e. The molecule has 2 fully saturated rings. The van der Waals surface area contributed by atoms with Crippen LogP contribution in [0.1, 0.15) is 70.9 Å². The van der Waals surface area contributed by atoms with Crippen LogP contribution in [0.25, 0.3) is 0 Å². The van der Waals surface area contributed by atoms with E-state index in [-0.39, 0.29) is 32.9 Å². The first-order valence-electron chi connectivity index (χ1n) is 14.7. The number of piperidine rings is 1. The van der Waals surface area contributed by atoms with E-state index in [4.69, 9.17) is 3.56 Å². The third kappa shape index (κ3) is 7.85. The highest BCUT2D eigenvalue weighted by Gasteiger charge is 2.45. The molecule has 1 amide bonds. The van der Waals surface area contributed by atoms with E-state index in [0.717, 1.165) is 50.0 Å². The van der Waals surface area contributed by atoms with Crippen LogP contribution in [0.2, 0.25) is 0 Å². The minimum Gasteiger partial charge on any atom is -0.382 e. The molecule has 0 radical (unpaired) electrons. The van der Waals surface area contributed by atoms with E-state index < -0.39 is 48.8 Å². The maximum absolute atomic E-state index is 13.5. The fourth-order valence-corrected chi connectivity index (χ4v) is 7.98. The van der Waals surface area contributed by atoms with E-state index in [1.807, 2.05) is 6.92 Å². The summed E-state index contributed by atoms with van der Waals surface area (Å²) in [4.78, 5) is 25.8. The van der Waals surface area contributed by atoms with Crippen molar-refractivity contribution in [1.82, 2.24) is 5.32 Å². The minimum atomic E-state index is -4.82. The second kappa shape index (κ2) is 13.1. The molecule has 1 aliphatic heterocycles. The van der Waals surface area contributed by atoms with E-state index in [1.165, 1.54) is 11.6 Å². The number of alkyl halides is 4. The van der Waals surface area contributed by atoms with E-state index >= 15 is 0 Å². The van der Waals surface area contributed by atoms with Crippen molar-refractivity contribution < 1.29 is 22.9 Å². The lowest BCUT2D eigenvalue weighted by atomic mass is 9.78. The van der Waals surface area contributed by atoms with Crippen molar-refractivity contribution in [1.29, 1.82) is 3.56 Å². The number of hydrogen-bond donors (Lipinski definition) is 3. The Morgan fingerprint density at radius 1 is 1.12 bits per heavy atom. The number of carbonyl (C=O) groups is 1. The Labute approximate surface area is 261 Å². The molecule has 1 heterocycles. The van der Waals surface area contributed by atoms with Gasteiger partial charge in [0.2, 0.25) is 5.91 Å². The first-order chi connectivity index (χ1) is 20.1. The summed E-state index contributed by atoms with van der Waals surface area (Å²) in [5.74, 6) is 0.275. The number of nitrogens with zero attached hydrogens (tertiary/aromatic N) is 2. The second-order valence-corrected chi connectivity index (χ2v) is 15.2. The van der Waals surface area contributed by atoms with Gasteiger partial charge in [0, 0.05) is 43.1 Å². The van der Waals surface area contributed by atoms with Gasteiger partial charge in [-0.15, -0.1) is 0 Å². The molecule has 0 spiro atoms. The lowest BCUT2D eigenvalue weighted by Crippen LogP contribution is -2.55. The van der Waals surface area contributed by atoms with Gasteiger partial charge in [-0.05, 0) is 101 Å². The van der Waals surface area contributed by atoms with Gasteiger partial charge in [0.25, 0.3) is 5.69 Å². The monoisotopic (exact) mass is 715 g/mol. The number of nitro benzene ring substituents is 1. The first kappa shape index (κ1) is 33.1. The van der Waals surface area contributed by atoms with Crippen LogP contribution >= 0.6 is 21.0 Å². The number of benzene rings is 2. The molecule has 4 rings (SSSR count). The molecule has 2 atom stereocenters. The minimum absolute atomic E-state index is 0.00515. The molecule has 1 saturated carbocycles. The van der Waals surface area contributed by atoms with Crippen LogP contribution in [0.4, 0.5) is 30.2 Å². The van der Waals surface area contributed by atoms with Gasteiger partial charge in [-0.3, -0.25) is 18.5 Å². The number of rotatable bonds is 8. The SMILES string of the molecule is CC(C)(C)c1ccc(N2CCC(C)(C(=O)NCC3CCC(Nc4ccc([N+](=O)[O-])c(C(F)(F)F)c4)CC3)C(I=N)C2)cc1. The number of anilines is 2. The molecule has 0 aromatic heterocycles. The predicted molar refractivity (Wildman–Crippen MR) is 171 cm³/mol. The van der Waals surface area contributed by atoms with Crippen LogP contribution in [-0.2, 0) is 16.4 Å². The molecule has 3 N–H and O–H groups in total. The van der Waals surface area contributed by atoms with Crippen LogP contribution in [0, 0.1) is 25.0 Å². The van der Waals surface area contributed by atoms with Crippen molar-refractivity contribution in [2.24, 2.45) is 11.3 Å². The van der Waals surface area contributed by atoms with Crippen molar-refractivity contribution in [3.05, 3.63) is 63.7 Å². The summed E-state index contributed by atoms with van der Waals surface area (Å²) in [7, 11) is 0. The van der Waals surface area contributed by atoms with Crippen molar-refractivity contribution in [2.75, 3.05) is 29.9 Å². The summed E-state index contributed by atoms with van der Waals surface area (Å²) in [6.45, 7) is 10.6. The molecule has 12 heteroatoms. The van der Waals surface area contributed by atoms with Crippen molar-refractivity contribution >= 4 is 44.0 Å². The van der Waals surface area contributed by atoms with Gasteiger partial charge >= 0.3 is 6.18 Å². The summed E-state index contributed by atoms with van der Waals surface area (Å²) >= 11 is -0.924. The standard InChI is InChI=1S/C31H41F3IN5O3/c1-29(2,3)21-7-12-24(13-8-21)39-16-15-30(4,27(19-39)35-36)28(41)37-18-20-5-9-22(10-6-20)38-23-11-14-26(40(42)43)25(17-23)31(32,33)34/h7-8,11-14,17,20,22,27,36,38H,5-6,9-10,15-16,18-19H2,1-4H3,(H,37,41). The highest BCUT2D eigenvalue weighted by molar-refractivity contribution is 14.1.